The third-order valence-corrected chi connectivity index (χ3v) is 2.54. The number of hydrogen-bond acceptors (Lipinski definition) is 2. The van der Waals surface area contributed by atoms with Gasteiger partial charge in [-0.15, -0.1) is 0 Å². The summed E-state index contributed by atoms with van der Waals surface area (Å²) in [5, 5.41) is 10.9. The van der Waals surface area contributed by atoms with Crippen molar-refractivity contribution < 1.29 is 14.4 Å². The van der Waals surface area contributed by atoms with Crippen LogP contribution in [-0.2, 0) is 4.79 Å². The van der Waals surface area contributed by atoms with Gasteiger partial charge in [-0.3, -0.25) is 0 Å². The van der Waals surface area contributed by atoms with E-state index < -0.39 is 5.97 Å². The molecular weight excluding hydrogens is 178 g/mol. The third kappa shape index (κ3) is 5.22. The molecule has 0 fully saturated rings. The molecule has 0 aromatic rings. The number of quaternary nitrogens is 1. The second kappa shape index (κ2) is 6.02. The van der Waals surface area contributed by atoms with Gasteiger partial charge in [0.05, 0.1) is 27.1 Å². The summed E-state index contributed by atoms with van der Waals surface area (Å²) in [6, 6.07) is -0.369. The first-order chi connectivity index (χ1) is 6.39. The van der Waals surface area contributed by atoms with Crippen molar-refractivity contribution in [2.45, 2.75) is 45.1 Å². The molecule has 1 atom stereocenters. The lowest BCUT2D eigenvalue weighted by molar-refractivity contribution is -0.889. The van der Waals surface area contributed by atoms with Crippen LogP contribution >= 0.6 is 0 Å². The molecule has 3 heteroatoms. The average molecular weight is 201 g/mol. The maximum atomic E-state index is 10.9. The monoisotopic (exact) mass is 201 g/mol. The number of rotatable bonds is 7. The second-order valence-electron chi connectivity index (χ2n) is 4.80. The average Bonchev–Trinajstić information content (AvgIpc) is 2.01. The zero-order valence-electron chi connectivity index (χ0n) is 9.88. The number of unbranched alkanes of at least 4 members (excludes halogenated alkanes) is 3. The maximum Gasteiger partial charge on any atom is 0.129 e. The fourth-order valence-electron chi connectivity index (χ4n) is 1.59. The van der Waals surface area contributed by atoms with E-state index in [1.165, 1.54) is 12.8 Å². The molecule has 84 valence electrons. The van der Waals surface area contributed by atoms with E-state index >= 15 is 0 Å². The van der Waals surface area contributed by atoms with Crippen molar-refractivity contribution >= 4 is 5.97 Å². The highest BCUT2D eigenvalue weighted by molar-refractivity contribution is 5.69. The summed E-state index contributed by atoms with van der Waals surface area (Å²) in [7, 11) is 5.71. The van der Waals surface area contributed by atoms with Crippen molar-refractivity contribution in [2.24, 2.45) is 0 Å². The van der Waals surface area contributed by atoms with Crippen molar-refractivity contribution in [1.82, 2.24) is 0 Å². The first-order valence-electron chi connectivity index (χ1n) is 5.41. The van der Waals surface area contributed by atoms with Crippen LogP contribution in [0.3, 0.4) is 0 Å². The van der Waals surface area contributed by atoms with E-state index in [4.69, 9.17) is 0 Å². The fraction of sp³-hybridized carbons (Fsp3) is 0.909. The molecule has 3 nitrogen and oxygen atoms in total. The Morgan fingerprint density at radius 2 is 1.79 bits per heavy atom. The predicted octanol–water partition coefficient (Wildman–Crippen LogP) is 0.781. The number of carboxylic acids is 1. The van der Waals surface area contributed by atoms with Crippen LogP contribution in [0.4, 0.5) is 0 Å². The van der Waals surface area contributed by atoms with Gasteiger partial charge < -0.3 is 14.4 Å². The number of hydrogen-bond donors (Lipinski definition) is 0. The normalized spacial score (nSPS) is 14.0. The first-order valence-corrected chi connectivity index (χ1v) is 5.41. The lowest BCUT2D eigenvalue weighted by Crippen LogP contribution is -2.54. The molecule has 0 bridgehead atoms. The summed E-state index contributed by atoms with van der Waals surface area (Å²) in [6.45, 7) is 2.15. The molecular formula is C11H23NO2. The van der Waals surface area contributed by atoms with Gasteiger partial charge in [0.15, 0.2) is 0 Å². The second-order valence-corrected chi connectivity index (χ2v) is 4.80. The molecule has 0 aromatic heterocycles. The van der Waals surface area contributed by atoms with Crippen LogP contribution in [0.2, 0.25) is 0 Å². The minimum absolute atomic E-state index is 0.369. The van der Waals surface area contributed by atoms with Crippen LogP contribution in [0.5, 0.6) is 0 Å². The summed E-state index contributed by atoms with van der Waals surface area (Å²) in [5.41, 5.74) is 0. The Bertz CT molecular complexity index is 173. The van der Waals surface area contributed by atoms with Crippen LogP contribution in [0.15, 0.2) is 0 Å². The molecule has 0 aromatic carbocycles. The molecule has 0 radical (unpaired) electrons. The van der Waals surface area contributed by atoms with Gasteiger partial charge in [0, 0.05) is 6.42 Å². The third-order valence-electron chi connectivity index (χ3n) is 2.54. The molecule has 0 heterocycles. The predicted molar refractivity (Wildman–Crippen MR) is 55.6 cm³/mol. The highest BCUT2D eigenvalue weighted by atomic mass is 16.4. The molecule has 0 rings (SSSR count). The Hall–Kier alpha value is -0.570. The lowest BCUT2D eigenvalue weighted by atomic mass is 10.1. The van der Waals surface area contributed by atoms with Gasteiger partial charge in [-0.25, -0.2) is 0 Å². The number of carbonyl (C=O) groups excluding carboxylic acids is 1. The van der Waals surface area contributed by atoms with E-state index in [2.05, 4.69) is 6.92 Å². The van der Waals surface area contributed by atoms with E-state index in [1.807, 2.05) is 21.1 Å². The van der Waals surface area contributed by atoms with Gasteiger partial charge in [-0.1, -0.05) is 26.2 Å². The highest BCUT2D eigenvalue weighted by Crippen LogP contribution is 2.12. The summed E-state index contributed by atoms with van der Waals surface area (Å²) in [4.78, 5) is 10.9. The molecule has 14 heavy (non-hydrogen) atoms. The number of carboxylic acid groups (broad SMARTS) is 1. The number of carbonyl (C=O) groups is 1. The highest BCUT2D eigenvalue weighted by Gasteiger charge is 2.24. The SMILES string of the molecule is CCCCCCC(C(=O)[O-])[N+](C)(C)C. The van der Waals surface area contributed by atoms with E-state index in [1.54, 1.807) is 0 Å². The molecule has 0 amide bonds. The summed E-state index contributed by atoms with van der Waals surface area (Å²) < 4.78 is 0.453. The Morgan fingerprint density at radius 1 is 1.21 bits per heavy atom. The van der Waals surface area contributed by atoms with Gasteiger partial charge in [0.25, 0.3) is 0 Å². The quantitative estimate of drug-likeness (QED) is 0.451. The van der Waals surface area contributed by atoms with E-state index in [9.17, 15) is 9.90 Å². The van der Waals surface area contributed by atoms with Crippen molar-refractivity contribution in [3.63, 3.8) is 0 Å². The van der Waals surface area contributed by atoms with Crippen molar-refractivity contribution in [1.29, 1.82) is 0 Å². The fourth-order valence-corrected chi connectivity index (χ4v) is 1.59. The summed E-state index contributed by atoms with van der Waals surface area (Å²) in [6.07, 6.45) is 5.21. The molecule has 0 aliphatic rings. The first kappa shape index (κ1) is 13.4. The molecule has 1 unspecified atom stereocenters. The largest absolute Gasteiger partial charge is 0.544 e. The summed E-state index contributed by atoms with van der Waals surface area (Å²) >= 11 is 0. The van der Waals surface area contributed by atoms with Gasteiger partial charge in [0.1, 0.15) is 6.04 Å². The van der Waals surface area contributed by atoms with Gasteiger partial charge in [-0.2, -0.15) is 0 Å². The molecule has 0 saturated heterocycles. The minimum Gasteiger partial charge on any atom is -0.544 e. The Labute approximate surface area is 87.3 Å². The van der Waals surface area contributed by atoms with Crippen LogP contribution in [0.25, 0.3) is 0 Å². The van der Waals surface area contributed by atoms with Crippen LogP contribution in [0.1, 0.15) is 39.0 Å². The Balaban J connectivity index is 3.94. The van der Waals surface area contributed by atoms with E-state index in [0.717, 1.165) is 19.3 Å². The Kier molecular flexibility index (Phi) is 5.77. The standard InChI is InChI=1S/C11H23NO2/c1-5-6-7-8-9-10(11(13)14)12(2,3)4/h10H,5-9H2,1-4H3. The smallest absolute Gasteiger partial charge is 0.129 e. The van der Waals surface area contributed by atoms with Crippen molar-refractivity contribution in [2.75, 3.05) is 21.1 Å². The van der Waals surface area contributed by atoms with Crippen LogP contribution < -0.4 is 5.11 Å². The zero-order valence-corrected chi connectivity index (χ0v) is 9.88. The lowest BCUT2D eigenvalue weighted by Gasteiger charge is -2.34. The molecule has 0 spiro atoms. The van der Waals surface area contributed by atoms with Gasteiger partial charge in [-0.05, 0) is 6.42 Å². The molecule has 0 saturated carbocycles. The van der Waals surface area contributed by atoms with Crippen molar-refractivity contribution in [3.05, 3.63) is 0 Å². The number of nitrogens with zero attached hydrogens (tertiary/aromatic N) is 1. The molecule has 0 aliphatic carbocycles. The van der Waals surface area contributed by atoms with Crippen LogP contribution in [-0.4, -0.2) is 37.6 Å². The molecule has 0 N–H and O–H groups in total. The number of likely N-dealkylation sites (N-methyl/N-ethyl adjacent to an activating group) is 1. The topological polar surface area (TPSA) is 40.1 Å². The van der Waals surface area contributed by atoms with Crippen LogP contribution in [0, 0.1) is 0 Å². The number of aliphatic carboxylic acids is 1. The minimum atomic E-state index is -0.922. The summed E-state index contributed by atoms with van der Waals surface area (Å²) in [5.74, 6) is -0.922. The Morgan fingerprint density at radius 3 is 2.14 bits per heavy atom. The maximum absolute atomic E-state index is 10.9. The van der Waals surface area contributed by atoms with E-state index in [0.29, 0.717) is 4.48 Å². The van der Waals surface area contributed by atoms with Crippen molar-refractivity contribution in [3.8, 4) is 0 Å². The van der Waals surface area contributed by atoms with Gasteiger partial charge in [0.2, 0.25) is 0 Å². The zero-order chi connectivity index (χ0) is 11.2. The van der Waals surface area contributed by atoms with Gasteiger partial charge >= 0.3 is 0 Å². The van der Waals surface area contributed by atoms with E-state index in [-0.39, 0.29) is 6.04 Å². The molecule has 0 aliphatic heterocycles.